The second-order valence-corrected chi connectivity index (χ2v) is 10.3. The van der Waals surface area contributed by atoms with E-state index in [1.807, 2.05) is 38.1 Å². The summed E-state index contributed by atoms with van der Waals surface area (Å²) in [5.74, 6) is 0.203. The smallest absolute Gasteiger partial charge is 0.326 e. The summed E-state index contributed by atoms with van der Waals surface area (Å²) in [4.78, 5) is 24.8. The Morgan fingerprint density at radius 1 is 1.11 bits per heavy atom. The molecule has 1 fully saturated rings. The molecular formula is C29H34N2O4. The van der Waals surface area contributed by atoms with Gasteiger partial charge in [0, 0.05) is 22.0 Å². The van der Waals surface area contributed by atoms with Crippen molar-refractivity contribution in [2.24, 2.45) is 5.92 Å². The molecule has 3 aromatic rings. The van der Waals surface area contributed by atoms with Crippen LogP contribution in [0.1, 0.15) is 74.2 Å². The highest BCUT2D eigenvalue weighted by Crippen LogP contribution is 2.47. The van der Waals surface area contributed by atoms with Gasteiger partial charge >= 0.3 is 5.97 Å². The molecule has 2 aliphatic rings. The lowest BCUT2D eigenvalue weighted by atomic mass is 9.81. The van der Waals surface area contributed by atoms with Gasteiger partial charge in [0.15, 0.2) is 0 Å². The Kier molecular flexibility index (Phi) is 6.54. The first-order valence-electron chi connectivity index (χ1n) is 12.9. The molecule has 2 N–H and O–H groups in total. The van der Waals surface area contributed by atoms with Crippen LogP contribution in [0.15, 0.2) is 42.5 Å². The van der Waals surface area contributed by atoms with Crippen LogP contribution in [0.3, 0.4) is 0 Å². The van der Waals surface area contributed by atoms with Crippen LogP contribution in [-0.4, -0.2) is 34.2 Å². The molecule has 0 bridgehead atoms. The Morgan fingerprint density at radius 2 is 1.89 bits per heavy atom. The van der Waals surface area contributed by atoms with E-state index in [0.29, 0.717) is 31.1 Å². The number of amides is 1. The number of para-hydroxylation sites is 1. The van der Waals surface area contributed by atoms with Gasteiger partial charge in [-0.3, -0.25) is 4.79 Å². The number of hydrogen-bond acceptors (Lipinski definition) is 3. The van der Waals surface area contributed by atoms with E-state index in [9.17, 15) is 14.7 Å². The van der Waals surface area contributed by atoms with Gasteiger partial charge in [0.1, 0.15) is 18.4 Å². The first-order valence-corrected chi connectivity index (χ1v) is 12.9. The summed E-state index contributed by atoms with van der Waals surface area (Å²) in [5, 5.41) is 13.5. The summed E-state index contributed by atoms with van der Waals surface area (Å²) in [6.07, 6.45) is 6.50. The number of benzene rings is 2. The zero-order chi connectivity index (χ0) is 24.5. The van der Waals surface area contributed by atoms with E-state index in [4.69, 9.17) is 4.74 Å². The largest absolute Gasteiger partial charge is 0.491 e. The quantitative estimate of drug-likeness (QED) is 0.461. The van der Waals surface area contributed by atoms with E-state index in [1.54, 1.807) is 0 Å². The molecule has 6 nitrogen and oxygen atoms in total. The van der Waals surface area contributed by atoms with Crippen molar-refractivity contribution >= 4 is 22.8 Å². The zero-order valence-electron chi connectivity index (χ0n) is 20.5. The van der Waals surface area contributed by atoms with E-state index >= 15 is 0 Å². The maximum absolute atomic E-state index is 13.1. The minimum absolute atomic E-state index is 0.165. The predicted molar refractivity (Wildman–Crippen MR) is 137 cm³/mol. The molecule has 1 aliphatic heterocycles. The first kappa shape index (κ1) is 23.5. The normalized spacial score (nSPS) is 16.8. The van der Waals surface area contributed by atoms with E-state index in [2.05, 4.69) is 28.1 Å². The molecule has 184 valence electrons. The number of ether oxygens (including phenoxy) is 1. The number of carbonyl (C=O) groups excluding carboxylic acids is 1. The average molecular weight is 475 g/mol. The summed E-state index contributed by atoms with van der Waals surface area (Å²) in [6, 6.07) is 13.2. The summed E-state index contributed by atoms with van der Waals surface area (Å²) < 4.78 is 8.42. The van der Waals surface area contributed by atoms with Gasteiger partial charge < -0.3 is 19.7 Å². The van der Waals surface area contributed by atoms with Crippen molar-refractivity contribution in [3.63, 3.8) is 0 Å². The van der Waals surface area contributed by atoms with E-state index in [1.165, 1.54) is 48.7 Å². The first-order chi connectivity index (χ1) is 16.9. The van der Waals surface area contributed by atoms with Crippen LogP contribution in [-0.2, 0) is 11.3 Å². The van der Waals surface area contributed by atoms with Crippen molar-refractivity contribution in [2.75, 3.05) is 6.61 Å². The highest BCUT2D eigenvalue weighted by molar-refractivity contribution is 6.02. The molecule has 2 heterocycles. The Hall–Kier alpha value is -3.28. The van der Waals surface area contributed by atoms with Crippen molar-refractivity contribution in [3.05, 3.63) is 53.6 Å². The topological polar surface area (TPSA) is 80.6 Å². The average Bonchev–Trinajstić information content (AvgIpc) is 3.05. The third-order valence-corrected chi connectivity index (χ3v) is 7.40. The van der Waals surface area contributed by atoms with Crippen LogP contribution in [0.2, 0.25) is 0 Å². The molecule has 1 aromatic heterocycles. The number of carbonyl (C=O) groups is 2. The molecule has 1 unspecified atom stereocenters. The van der Waals surface area contributed by atoms with Gasteiger partial charge in [-0.15, -0.1) is 0 Å². The molecule has 1 saturated carbocycles. The standard InChI is InChI=1S/C29H34N2O4/c1-18(2)16-23(29(33)34)30-28(32)20-12-13-21-24(17-20)31-14-15-35-25-11-7-6-10-22(25)27(31)26(21)19-8-4-3-5-9-19/h6-7,10-13,17-19,23H,3-5,8-9,14-16H2,1-2H3,(H,30,32)(H,33,34). The maximum atomic E-state index is 13.1. The summed E-state index contributed by atoms with van der Waals surface area (Å²) in [7, 11) is 0. The third-order valence-electron chi connectivity index (χ3n) is 7.40. The highest BCUT2D eigenvalue weighted by Gasteiger charge is 2.30. The minimum atomic E-state index is -1.00. The van der Waals surface area contributed by atoms with Crippen LogP contribution >= 0.6 is 0 Å². The predicted octanol–water partition coefficient (Wildman–Crippen LogP) is 5.98. The number of aromatic nitrogens is 1. The van der Waals surface area contributed by atoms with Crippen LogP contribution in [0.5, 0.6) is 5.75 Å². The summed E-state index contributed by atoms with van der Waals surface area (Å²) >= 11 is 0. The molecule has 1 amide bonds. The number of nitrogens with zero attached hydrogens (tertiary/aromatic N) is 1. The highest BCUT2D eigenvalue weighted by atomic mass is 16.5. The minimum Gasteiger partial charge on any atom is -0.491 e. The zero-order valence-corrected chi connectivity index (χ0v) is 20.5. The van der Waals surface area contributed by atoms with Crippen LogP contribution in [0.25, 0.3) is 22.2 Å². The lowest BCUT2D eigenvalue weighted by Gasteiger charge is -2.23. The van der Waals surface area contributed by atoms with Gasteiger partial charge in [0.2, 0.25) is 0 Å². The Bertz CT molecular complexity index is 1250. The number of hydrogen-bond donors (Lipinski definition) is 2. The van der Waals surface area contributed by atoms with Crippen molar-refractivity contribution in [1.82, 2.24) is 9.88 Å². The number of rotatable bonds is 6. The fourth-order valence-electron chi connectivity index (χ4n) is 5.81. The molecule has 0 radical (unpaired) electrons. The van der Waals surface area contributed by atoms with Gasteiger partial charge in [-0.2, -0.15) is 0 Å². The lowest BCUT2D eigenvalue weighted by Crippen LogP contribution is -2.41. The fourth-order valence-corrected chi connectivity index (χ4v) is 5.81. The van der Waals surface area contributed by atoms with Gasteiger partial charge in [-0.05, 0) is 60.9 Å². The molecule has 1 atom stereocenters. The molecule has 0 saturated heterocycles. The lowest BCUT2D eigenvalue weighted by molar-refractivity contribution is -0.139. The molecule has 2 aromatic carbocycles. The number of carboxylic acids is 1. The molecule has 6 heteroatoms. The number of carboxylic acid groups (broad SMARTS) is 1. The van der Waals surface area contributed by atoms with E-state index in [0.717, 1.165) is 16.8 Å². The molecular weight excluding hydrogens is 440 g/mol. The SMILES string of the molecule is CC(C)CC(NC(=O)c1ccc2c(C3CCCCC3)c3n(c2c1)CCOc1ccccc1-3)C(=O)O. The number of aliphatic carboxylic acids is 1. The van der Waals surface area contributed by atoms with Crippen LogP contribution in [0.4, 0.5) is 0 Å². The maximum Gasteiger partial charge on any atom is 0.326 e. The van der Waals surface area contributed by atoms with Crippen molar-refractivity contribution in [1.29, 1.82) is 0 Å². The van der Waals surface area contributed by atoms with Crippen LogP contribution in [0, 0.1) is 5.92 Å². The number of nitrogens with one attached hydrogen (secondary N) is 1. The van der Waals surface area contributed by atoms with Crippen LogP contribution < -0.4 is 10.1 Å². The van der Waals surface area contributed by atoms with Gasteiger partial charge in [-0.25, -0.2) is 4.79 Å². The molecule has 35 heavy (non-hydrogen) atoms. The van der Waals surface area contributed by atoms with E-state index < -0.39 is 12.0 Å². The van der Waals surface area contributed by atoms with Gasteiger partial charge in [-0.1, -0.05) is 51.3 Å². The second-order valence-electron chi connectivity index (χ2n) is 10.3. The van der Waals surface area contributed by atoms with Gasteiger partial charge in [0.25, 0.3) is 5.91 Å². The second kappa shape index (κ2) is 9.76. The molecule has 1 aliphatic carbocycles. The van der Waals surface area contributed by atoms with E-state index in [-0.39, 0.29) is 11.8 Å². The van der Waals surface area contributed by atoms with Gasteiger partial charge in [0.05, 0.1) is 12.2 Å². The Labute approximate surface area is 206 Å². The monoisotopic (exact) mass is 474 g/mol. The Balaban J connectivity index is 1.62. The fraction of sp³-hybridized carbons (Fsp3) is 0.448. The Morgan fingerprint density at radius 3 is 2.63 bits per heavy atom. The third kappa shape index (κ3) is 4.54. The molecule has 5 rings (SSSR count). The summed E-state index contributed by atoms with van der Waals surface area (Å²) in [5.41, 5.74) is 5.19. The number of fused-ring (bicyclic) bond motifs is 5. The van der Waals surface area contributed by atoms with Crippen molar-refractivity contribution < 1.29 is 19.4 Å². The summed E-state index contributed by atoms with van der Waals surface area (Å²) in [6.45, 7) is 5.17. The van der Waals surface area contributed by atoms with Crippen molar-refractivity contribution in [3.8, 4) is 17.0 Å². The molecule has 0 spiro atoms. The van der Waals surface area contributed by atoms with Crippen molar-refractivity contribution in [2.45, 2.75) is 70.9 Å².